The van der Waals surface area contributed by atoms with Crippen LogP contribution in [0.2, 0.25) is 10.0 Å². The second kappa shape index (κ2) is 8.95. The highest BCUT2D eigenvalue weighted by molar-refractivity contribution is 6.43. The fourth-order valence-electron chi connectivity index (χ4n) is 1.70. The van der Waals surface area contributed by atoms with Crippen molar-refractivity contribution in [3.05, 3.63) is 28.2 Å². The summed E-state index contributed by atoms with van der Waals surface area (Å²) in [4.78, 5) is 25.1. The van der Waals surface area contributed by atoms with Crippen molar-refractivity contribution in [2.75, 3.05) is 32.5 Å². The number of carboxylic acids is 1. The Hall–Kier alpha value is -1.34. The van der Waals surface area contributed by atoms with Crippen molar-refractivity contribution in [2.24, 2.45) is 0 Å². The second-order valence-corrected chi connectivity index (χ2v) is 5.79. The molecule has 0 saturated heterocycles. The van der Waals surface area contributed by atoms with Crippen LogP contribution in [0, 0.1) is 0 Å². The van der Waals surface area contributed by atoms with Gasteiger partial charge in [0.1, 0.15) is 6.04 Å². The third kappa shape index (κ3) is 6.19. The van der Waals surface area contributed by atoms with Crippen molar-refractivity contribution in [2.45, 2.75) is 12.5 Å². The smallest absolute Gasteiger partial charge is 0.321 e. The first-order valence-electron chi connectivity index (χ1n) is 6.66. The van der Waals surface area contributed by atoms with Gasteiger partial charge in [0, 0.05) is 13.1 Å². The fraction of sp³-hybridized carbons (Fsp3) is 0.429. The second-order valence-electron chi connectivity index (χ2n) is 5.00. The molecule has 0 saturated carbocycles. The molecule has 1 unspecified atom stereocenters. The number of aliphatic carboxylic acids is 1. The van der Waals surface area contributed by atoms with Gasteiger partial charge in [-0.05, 0) is 26.2 Å². The predicted molar refractivity (Wildman–Crippen MR) is 87.7 cm³/mol. The van der Waals surface area contributed by atoms with Gasteiger partial charge in [-0.1, -0.05) is 29.3 Å². The lowest BCUT2D eigenvalue weighted by Gasteiger charge is -2.16. The van der Waals surface area contributed by atoms with Crippen LogP contribution in [0.25, 0.3) is 0 Å². The molecule has 0 heterocycles. The van der Waals surface area contributed by atoms with E-state index in [2.05, 4.69) is 10.6 Å². The average Bonchev–Trinajstić information content (AvgIpc) is 2.42. The summed E-state index contributed by atoms with van der Waals surface area (Å²) in [7, 11) is 3.76. The van der Waals surface area contributed by atoms with Crippen molar-refractivity contribution in [3.63, 3.8) is 0 Å². The van der Waals surface area contributed by atoms with Gasteiger partial charge in [0.15, 0.2) is 0 Å². The van der Waals surface area contributed by atoms with E-state index in [0.717, 1.165) is 0 Å². The summed E-state index contributed by atoms with van der Waals surface area (Å²) in [6.07, 6.45) is -0.203. The summed E-state index contributed by atoms with van der Waals surface area (Å²) in [5.74, 6) is -1.53. The molecule has 1 atom stereocenters. The highest BCUT2D eigenvalue weighted by Gasteiger charge is 2.21. The molecule has 1 aromatic carbocycles. The Morgan fingerprint density at radius 1 is 1.32 bits per heavy atom. The molecule has 0 aliphatic carbocycles. The Bertz CT molecular complexity index is 538. The van der Waals surface area contributed by atoms with Crippen LogP contribution in [0.5, 0.6) is 0 Å². The molecule has 6 nitrogen and oxygen atoms in total. The lowest BCUT2D eigenvalue weighted by atomic mass is 10.2. The van der Waals surface area contributed by atoms with Crippen LogP contribution in [0.15, 0.2) is 18.2 Å². The molecule has 0 aliphatic rings. The molecule has 1 rings (SSSR count). The summed E-state index contributed by atoms with van der Waals surface area (Å²) in [5, 5.41) is 15.1. The number of nitrogens with zero attached hydrogens (tertiary/aromatic N) is 1. The molecule has 22 heavy (non-hydrogen) atoms. The standard InChI is InChI=1S/C14H19Cl2N3O3/c1-19(2)7-6-17-11(14(21)22)8-12(20)18-10-5-3-4-9(15)13(10)16/h3-5,11,17H,6-8H2,1-2H3,(H,18,20)(H,21,22). The number of carbonyl (C=O) groups excluding carboxylic acids is 1. The van der Waals surface area contributed by atoms with Gasteiger partial charge in [-0.25, -0.2) is 0 Å². The monoisotopic (exact) mass is 347 g/mol. The number of rotatable bonds is 8. The van der Waals surface area contributed by atoms with Gasteiger partial charge >= 0.3 is 5.97 Å². The quantitative estimate of drug-likeness (QED) is 0.669. The zero-order chi connectivity index (χ0) is 16.7. The maximum atomic E-state index is 12.0. The van der Waals surface area contributed by atoms with Crippen LogP contribution in [-0.2, 0) is 9.59 Å². The Morgan fingerprint density at radius 3 is 2.59 bits per heavy atom. The lowest BCUT2D eigenvalue weighted by molar-refractivity contribution is -0.141. The average molecular weight is 348 g/mol. The zero-order valence-electron chi connectivity index (χ0n) is 12.4. The Kier molecular flexibility index (Phi) is 7.61. The van der Waals surface area contributed by atoms with Crippen molar-refractivity contribution in [1.29, 1.82) is 0 Å². The first-order valence-corrected chi connectivity index (χ1v) is 7.41. The van der Waals surface area contributed by atoms with E-state index in [1.165, 1.54) is 0 Å². The number of halogens is 2. The molecule has 0 aliphatic heterocycles. The normalized spacial score (nSPS) is 12.2. The summed E-state index contributed by atoms with van der Waals surface area (Å²) in [6, 6.07) is 3.88. The number of carboxylic acid groups (broad SMARTS) is 1. The molecule has 0 aromatic heterocycles. The summed E-state index contributed by atoms with van der Waals surface area (Å²) >= 11 is 11.8. The molecule has 1 aromatic rings. The number of likely N-dealkylation sites (N-methyl/N-ethyl adjacent to an activating group) is 1. The molecule has 122 valence electrons. The van der Waals surface area contributed by atoms with Crippen LogP contribution < -0.4 is 10.6 Å². The van der Waals surface area contributed by atoms with E-state index in [4.69, 9.17) is 28.3 Å². The predicted octanol–water partition coefficient (Wildman–Crippen LogP) is 1.93. The maximum absolute atomic E-state index is 12.0. The Balaban J connectivity index is 2.60. The van der Waals surface area contributed by atoms with Gasteiger partial charge < -0.3 is 20.6 Å². The number of carbonyl (C=O) groups is 2. The van der Waals surface area contributed by atoms with E-state index in [1.54, 1.807) is 18.2 Å². The number of hydrogen-bond acceptors (Lipinski definition) is 4. The molecular weight excluding hydrogens is 329 g/mol. The number of hydrogen-bond donors (Lipinski definition) is 3. The van der Waals surface area contributed by atoms with Crippen molar-refractivity contribution >= 4 is 40.8 Å². The summed E-state index contributed by atoms with van der Waals surface area (Å²) in [5.41, 5.74) is 0.358. The molecule has 0 radical (unpaired) electrons. The minimum absolute atomic E-state index is 0.203. The number of anilines is 1. The molecule has 3 N–H and O–H groups in total. The van der Waals surface area contributed by atoms with Gasteiger partial charge in [0.05, 0.1) is 22.2 Å². The fourth-order valence-corrected chi connectivity index (χ4v) is 2.04. The van der Waals surface area contributed by atoms with Gasteiger partial charge in [-0.3, -0.25) is 9.59 Å². The van der Waals surface area contributed by atoms with Crippen LogP contribution in [0.1, 0.15) is 6.42 Å². The van der Waals surface area contributed by atoms with Crippen LogP contribution in [0.4, 0.5) is 5.69 Å². The van der Waals surface area contributed by atoms with Crippen LogP contribution in [-0.4, -0.2) is 55.1 Å². The number of nitrogens with one attached hydrogen (secondary N) is 2. The van der Waals surface area contributed by atoms with Crippen molar-refractivity contribution < 1.29 is 14.7 Å². The molecule has 0 spiro atoms. The summed E-state index contributed by atoms with van der Waals surface area (Å²) < 4.78 is 0. The van der Waals surface area contributed by atoms with Crippen LogP contribution in [0.3, 0.4) is 0 Å². The third-order valence-corrected chi connectivity index (χ3v) is 3.68. The van der Waals surface area contributed by atoms with Gasteiger partial charge in [0.25, 0.3) is 0 Å². The van der Waals surface area contributed by atoms with E-state index in [0.29, 0.717) is 23.8 Å². The number of benzene rings is 1. The Labute approximate surface area is 139 Å². The Morgan fingerprint density at radius 2 is 2.00 bits per heavy atom. The van der Waals surface area contributed by atoms with E-state index >= 15 is 0 Å². The SMILES string of the molecule is CN(C)CCNC(CC(=O)Nc1cccc(Cl)c1Cl)C(=O)O. The van der Waals surface area contributed by atoms with Gasteiger partial charge in [0.2, 0.25) is 5.91 Å². The molecule has 0 fully saturated rings. The van der Waals surface area contributed by atoms with E-state index < -0.39 is 17.9 Å². The largest absolute Gasteiger partial charge is 0.480 e. The van der Waals surface area contributed by atoms with Crippen LogP contribution >= 0.6 is 23.2 Å². The van der Waals surface area contributed by atoms with E-state index in [9.17, 15) is 9.59 Å². The topological polar surface area (TPSA) is 81.7 Å². The number of amides is 1. The molecule has 0 bridgehead atoms. The van der Waals surface area contributed by atoms with E-state index in [-0.39, 0.29) is 11.4 Å². The molecular formula is C14H19Cl2N3O3. The highest BCUT2D eigenvalue weighted by Crippen LogP contribution is 2.29. The minimum Gasteiger partial charge on any atom is -0.480 e. The van der Waals surface area contributed by atoms with Crippen molar-refractivity contribution in [3.8, 4) is 0 Å². The highest BCUT2D eigenvalue weighted by atomic mass is 35.5. The molecule has 1 amide bonds. The summed E-state index contributed by atoms with van der Waals surface area (Å²) in [6.45, 7) is 1.14. The zero-order valence-corrected chi connectivity index (χ0v) is 13.9. The first kappa shape index (κ1) is 18.7. The van der Waals surface area contributed by atoms with Gasteiger partial charge in [-0.2, -0.15) is 0 Å². The minimum atomic E-state index is -1.08. The molecule has 8 heteroatoms. The van der Waals surface area contributed by atoms with E-state index in [1.807, 2.05) is 19.0 Å². The third-order valence-electron chi connectivity index (χ3n) is 2.86. The lowest BCUT2D eigenvalue weighted by Crippen LogP contribution is -2.42. The van der Waals surface area contributed by atoms with Gasteiger partial charge in [-0.15, -0.1) is 0 Å². The van der Waals surface area contributed by atoms with Crippen molar-refractivity contribution in [1.82, 2.24) is 10.2 Å². The maximum Gasteiger partial charge on any atom is 0.321 e. The first-order chi connectivity index (χ1) is 10.3.